The maximum Gasteiger partial charge on any atom is 0.407 e. The van der Waals surface area contributed by atoms with Crippen molar-refractivity contribution < 1.29 is 28.2 Å². The Kier molecular flexibility index (Phi) is 9.38. The van der Waals surface area contributed by atoms with Crippen LogP contribution in [0, 0.1) is 0 Å². The standard InChI is InChI=1S/C21H27N2O6P/c1-3-27-20(24)17(2)23-30(26,29-19-12-8-5-9-13-19)15-14-22-21(25)28-16-18-10-6-4-7-11-18/h4-13,17H,3,14-16H2,1-2H3,(H,22,25)(H,23,26). The minimum absolute atomic E-state index is 0.0281. The highest BCUT2D eigenvalue weighted by atomic mass is 31.2. The molecule has 9 heteroatoms. The molecule has 0 fully saturated rings. The molecule has 2 aromatic rings. The highest BCUT2D eigenvalue weighted by Crippen LogP contribution is 2.43. The van der Waals surface area contributed by atoms with Crippen molar-refractivity contribution in [2.45, 2.75) is 26.5 Å². The minimum atomic E-state index is -3.53. The number of benzene rings is 2. The van der Waals surface area contributed by atoms with Gasteiger partial charge in [0.1, 0.15) is 18.4 Å². The van der Waals surface area contributed by atoms with Crippen LogP contribution in [0.4, 0.5) is 4.79 Å². The first-order valence-corrected chi connectivity index (χ1v) is 11.5. The van der Waals surface area contributed by atoms with Gasteiger partial charge in [0.15, 0.2) is 0 Å². The van der Waals surface area contributed by atoms with E-state index in [0.717, 1.165) is 5.56 Å². The number of carbonyl (C=O) groups excluding carboxylic acids is 2. The van der Waals surface area contributed by atoms with Crippen LogP contribution in [-0.2, 0) is 25.4 Å². The van der Waals surface area contributed by atoms with E-state index in [1.54, 1.807) is 44.2 Å². The molecular formula is C21H27N2O6P. The highest BCUT2D eigenvalue weighted by molar-refractivity contribution is 7.57. The van der Waals surface area contributed by atoms with Gasteiger partial charge in [-0.3, -0.25) is 9.36 Å². The van der Waals surface area contributed by atoms with Crippen LogP contribution in [0.5, 0.6) is 5.75 Å². The van der Waals surface area contributed by atoms with Crippen molar-refractivity contribution in [1.29, 1.82) is 0 Å². The monoisotopic (exact) mass is 434 g/mol. The molecule has 0 heterocycles. The van der Waals surface area contributed by atoms with Gasteiger partial charge in [-0.25, -0.2) is 9.88 Å². The van der Waals surface area contributed by atoms with Crippen molar-refractivity contribution in [3.63, 3.8) is 0 Å². The Bertz CT molecular complexity index is 847. The summed E-state index contributed by atoms with van der Waals surface area (Å²) in [7, 11) is -3.53. The maximum atomic E-state index is 13.3. The lowest BCUT2D eigenvalue weighted by molar-refractivity contribution is -0.144. The Morgan fingerprint density at radius 2 is 1.63 bits per heavy atom. The average Bonchev–Trinajstić information content (AvgIpc) is 2.73. The van der Waals surface area contributed by atoms with E-state index in [0.29, 0.717) is 5.75 Å². The van der Waals surface area contributed by atoms with E-state index in [1.165, 1.54) is 0 Å². The molecule has 0 aliphatic rings. The fourth-order valence-corrected chi connectivity index (χ4v) is 4.32. The SMILES string of the molecule is CCOC(=O)C(C)NP(=O)(CCNC(=O)OCc1ccccc1)Oc1ccccc1. The summed E-state index contributed by atoms with van der Waals surface area (Å²) < 4.78 is 29.1. The van der Waals surface area contributed by atoms with E-state index in [9.17, 15) is 14.2 Å². The third kappa shape index (κ3) is 8.27. The van der Waals surface area contributed by atoms with E-state index in [-0.39, 0.29) is 25.9 Å². The second-order valence-corrected chi connectivity index (χ2v) is 8.63. The molecule has 1 amide bonds. The van der Waals surface area contributed by atoms with Gasteiger partial charge in [0.2, 0.25) is 0 Å². The topological polar surface area (TPSA) is 103 Å². The number of para-hydroxylation sites is 1. The number of hydrogen-bond donors (Lipinski definition) is 2. The molecule has 0 aromatic heterocycles. The van der Waals surface area contributed by atoms with Gasteiger partial charge in [0, 0.05) is 6.54 Å². The number of alkyl carbamates (subject to hydrolysis) is 1. The molecule has 30 heavy (non-hydrogen) atoms. The summed E-state index contributed by atoms with van der Waals surface area (Å²) >= 11 is 0. The van der Waals surface area contributed by atoms with Gasteiger partial charge in [-0.05, 0) is 31.5 Å². The Morgan fingerprint density at radius 3 is 2.27 bits per heavy atom. The predicted molar refractivity (Wildman–Crippen MR) is 113 cm³/mol. The summed E-state index contributed by atoms with van der Waals surface area (Å²) in [6, 6.07) is 17.0. The summed E-state index contributed by atoms with van der Waals surface area (Å²) in [6.07, 6.45) is -0.685. The number of carbonyl (C=O) groups is 2. The number of amides is 1. The molecule has 2 N–H and O–H groups in total. The van der Waals surface area contributed by atoms with Crippen molar-refractivity contribution in [3.8, 4) is 5.75 Å². The Hall–Kier alpha value is -2.83. The molecule has 2 unspecified atom stereocenters. The molecule has 0 saturated carbocycles. The lowest BCUT2D eigenvalue weighted by atomic mass is 10.2. The molecule has 162 valence electrons. The molecule has 0 bridgehead atoms. The zero-order valence-corrected chi connectivity index (χ0v) is 18.0. The van der Waals surface area contributed by atoms with E-state index in [1.807, 2.05) is 30.3 Å². The van der Waals surface area contributed by atoms with Crippen LogP contribution in [0.15, 0.2) is 60.7 Å². The smallest absolute Gasteiger partial charge is 0.407 e. The van der Waals surface area contributed by atoms with Crippen molar-refractivity contribution >= 4 is 19.6 Å². The van der Waals surface area contributed by atoms with Crippen molar-refractivity contribution in [3.05, 3.63) is 66.2 Å². The number of hydrogen-bond acceptors (Lipinski definition) is 6. The van der Waals surface area contributed by atoms with E-state index in [4.69, 9.17) is 14.0 Å². The second-order valence-electron chi connectivity index (χ2n) is 6.39. The maximum absolute atomic E-state index is 13.3. The van der Waals surface area contributed by atoms with Crippen LogP contribution in [0.1, 0.15) is 19.4 Å². The van der Waals surface area contributed by atoms with Crippen LogP contribution in [0.2, 0.25) is 0 Å². The van der Waals surface area contributed by atoms with Crippen LogP contribution in [0.25, 0.3) is 0 Å². The predicted octanol–water partition coefficient (Wildman–Crippen LogP) is 3.73. The quantitative estimate of drug-likeness (QED) is 0.410. The van der Waals surface area contributed by atoms with Crippen LogP contribution < -0.4 is 14.9 Å². The lowest BCUT2D eigenvalue weighted by Gasteiger charge is -2.23. The summed E-state index contributed by atoms with van der Waals surface area (Å²) in [5.41, 5.74) is 0.857. The van der Waals surface area contributed by atoms with Gasteiger partial charge >= 0.3 is 19.6 Å². The van der Waals surface area contributed by atoms with Crippen molar-refractivity contribution in [2.75, 3.05) is 19.3 Å². The van der Waals surface area contributed by atoms with E-state index >= 15 is 0 Å². The van der Waals surface area contributed by atoms with Crippen molar-refractivity contribution in [2.24, 2.45) is 0 Å². The molecule has 0 saturated heterocycles. The first kappa shape index (κ1) is 23.4. The van der Waals surface area contributed by atoms with Gasteiger partial charge < -0.3 is 19.3 Å². The molecule has 0 aliphatic carbocycles. The zero-order valence-electron chi connectivity index (χ0n) is 17.1. The molecule has 8 nitrogen and oxygen atoms in total. The molecule has 2 rings (SSSR count). The number of esters is 1. The molecule has 2 atom stereocenters. The Balaban J connectivity index is 1.92. The lowest BCUT2D eigenvalue weighted by Crippen LogP contribution is -2.37. The second kappa shape index (κ2) is 12.0. The first-order chi connectivity index (χ1) is 14.4. The number of nitrogens with one attached hydrogen (secondary N) is 2. The van der Waals surface area contributed by atoms with Gasteiger partial charge in [0.05, 0.1) is 12.8 Å². The zero-order chi connectivity index (χ0) is 21.8. The van der Waals surface area contributed by atoms with Gasteiger partial charge in [-0.1, -0.05) is 48.5 Å². The fraction of sp³-hybridized carbons (Fsp3) is 0.333. The molecular weight excluding hydrogens is 407 g/mol. The normalized spacial score (nSPS) is 13.5. The molecule has 0 radical (unpaired) electrons. The third-order valence-electron chi connectivity index (χ3n) is 3.91. The summed E-state index contributed by atoms with van der Waals surface area (Å²) in [6.45, 7) is 3.60. The Labute approximate surface area is 176 Å². The number of rotatable bonds is 11. The minimum Gasteiger partial charge on any atom is -0.465 e. The van der Waals surface area contributed by atoms with Crippen LogP contribution in [0.3, 0.4) is 0 Å². The van der Waals surface area contributed by atoms with Gasteiger partial charge in [-0.2, -0.15) is 0 Å². The largest absolute Gasteiger partial charge is 0.465 e. The first-order valence-electron chi connectivity index (χ1n) is 9.64. The average molecular weight is 434 g/mol. The van der Waals surface area contributed by atoms with Crippen molar-refractivity contribution in [1.82, 2.24) is 10.4 Å². The van der Waals surface area contributed by atoms with Crippen LogP contribution in [-0.4, -0.2) is 37.4 Å². The highest BCUT2D eigenvalue weighted by Gasteiger charge is 2.30. The van der Waals surface area contributed by atoms with E-state index < -0.39 is 25.6 Å². The molecule has 2 aromatic carbocycles. The molecule has 0 spiro atoms. The summed E-state index contributed by atoms with van der Waals surface area (Å²) in [5, 5.41) is 5.28. The summed E-state index contributed by atoms with van der Waals surface area (Å²) in [4.78, 5) is 23.8. The van der Waals surface area contributed by atoms with Gasteiger partial charge in [-0.15, -0.1) is 0 Å². The molecule has 0 aliphatic heterocycles. The van der Waals surface area contributed by atoms with Crippen LogP contribution >= 0.6 is 7.52 Å². The Morgan fingerprint density at radius 1 is 1.00 bits per heavy atom. The third-order valence-corrected chi connectivity index (χ3v) is 6.01. The fourth-order valence-electron chi connectivity index (χ4n) is 2.48. The van der Waals surface area contributed by atoms with E-state index in [2.05, 4.69) is 10.4 Å². The summed E-state index contributed by atoms with van der Waals surface area (Å²) in [5.74, 6) is -0.152. The van der Waals surface area contributed by atoms with Gasteiger partial charge in [0.25, 0.3) is 0 Å². The number of ether oxygens (including phenoxy) is 2.